The van der Waals surface area contributed by atoms with Crippen molar-refractivity contribution in [3.8, 4) is 0 Å². The molecule has 2 aliphatic heterocycles. The standard InChI is InChI=1S/C13H11NO2S/c15-13(16)9-2-1-3-12-10(9)6-8-7-17-5-4-11(8)14-12/h1-5,14H,6-7H2,(H,15,16). The van der Waals surface area contributed by atoms with Gasteiger partial charge in [0.15, 0.2) is 0 Å². The lowest BCUT2D eigenvalue weighted by Gasteiger charge is -2.26. The van der Waals surface area contributed by atoms with Crippen LogP contribution in [-0.4, -0.2) is 16.8 Å². The highest BCUT2D eigenvalue weighted by molar-refractivity contribution is 8.02. The maximum absolute atomic E-state index is 11.2. The second-order valence-corrected chi connectivity index (χ2v) is 4.96. The number of aromatic carboxylic acids is 1. The van der Waals surface area contributed by atoms with Crippen LogP contribution in [0.15, 0.2) is 41.0 Å². The molecule has 0 amide bonds. The molecule has 2 aliphatic rings. The average Bonchev–Trinajstić information content (AvgIpc) is 2.35. The molecule has 17 heavy (non-hydrogen) atoms. The van der Waals surface area contributed by atoms with Crippen LogP contribution in [0, 0.1) is 0 Å². The largest absolute Gasteiger partial charge is 0.478 e. The van der Waals surface area contributed by atoms with E-state index >= 15 is 0 Å². The normalized spacial score (nSPS) is 17.2. The molecule has 1 aromatic carbocycles. The summed E-state index contributed by atoms with van der Waals surface area (Å²) in [6.07, 6.45) is 2.79. The Morgan fingerprint density at radius 2 is 2.29 bits per heavy atom. The summed E-state index contributed by atoms with van der Waals surface area (Å²) < 4.78 is 0. The Balaban J connectivity index is 2.08. The highest BCUT2D eigenvalue weighted by Gasteiger charge is 2.22. The Bertz CT molecular complexity index is 561. The van der Waals surface area contributed by atoms with Crippen molar-refractivity contribution in [3.05, 3.63) is 52.1 Å². The minimum absolute atomic E-state index is 0.404. The summed E-state index contributed by atoms with van der Waals surface area (Å²) in [5.41, 5.74) is 4.62. The summed E-state index contributed by atoms with van der Waals surface area (Å²) in [6, 6.07) is 5.38. The van der Waals surface area contributed by atoms with Gasteiger partial charge in [0.1, 0.15) is 0 Å². The summed E-state index contributed by atoms with van der Waals surface area (Å²) in [5, 5.41) is 14.6. The first-order valence-corrected chi connectivity index (χ1v) is 6.43. The summed E-state index contributed by atoms with van der Waals surface area (Å²) in [5.74, 6) is 0.0818. The van der Waals surface area contributed by atoms with Crippen molar-refractivity contribution in [1.82, 2.24) is 0 Å². The first kappa shape index (κ1) is 10.5. The maximum Gasteiger partial charge on any atom is 0.336 e. The molecule has 0 saturated carbocycles. The molecule has 0 saturated heterocycles. The fraction of sp³-hybridized carbons (Fsp3) is 0.154. The Morgan fingerprint density at radius 3 is 3.12 bits per heavy atom. The molecule has 3 nitrogen and oxygen atoms in total. The molecule has 2 heterocycles. The fourth-order valence-corrected chi connectivity index (χ4v) is 2.98. The Morgan fingerprint density at radius 1 is 1.41 bits per heavy atom. The van der Waals surface area contributed by atoms with E-state index in [9.17, 15) is 9.90 Å². The number of fused-ring (bicyclic) bond motifs is 1. The molecule has 2 N–H and O–H groups in total. The van der Waals surface area contributed by atoms with Crippen LogP contribution in [0.3, 0.4) is 0 Å². The number of hydrogen-bond donors (Lipinski definition) is 2. The van der Waals surface area contributed by atoms with Gasteiger partial charge in [0.05, 0.1) is 5.56 Å². The van der Waals surface area contributed by atoms with Gasteiger partial charge in [-0.2, -0.15) is 0 Å². The van der Waals surface area contributed by atoms with Gasteiger partial charge in [-0.3, -0.25) is 0 Å². The van der Waals surface area contributed by atoms with Gasteiger partial charge in [0.2, 0.25) is 0 Å². The van der Waals surface area contributed by atoms with Crippen LogP contribution in [0.25, 0.3) is 0 Å². The SMILES string of the molecule is O=C(O)c1cccc2c1CC1=C(C=CSC1)N2. The quantitative estimate of drug-likeness (QED) is 0.798. The van der Waals surface area contributed by atoms with Gasteiger partial charge < -0.3 is 10.4 Å². The van der Waals surface area contributed by atoms with Crippen LogP contribution in [0.5, 0.6) is 0 Å². The van der Waals surface area contributed by atoms with Crippen molar-refractivity contribution in [1.29, 1.82) is 0 Å². The van der Waals surface area contributed by atoms with E-state index < -0.39 is 5.97 Å². The number of thioether (sulfide) groups is 1. The molecule has 0 bridgehead atoms. The van der Waals surface area contributed by atoms with Gasteiger partial charge in [-0.15, -0.1) is 11.8 Å². The van der Waals surface area contributed by atoms with Crippen LogP contribution in [0.1, 0.15) is 15.9 Å². The second kappa shape index (κ2) is 3.96. The lowest BCUT2D eigenvalue weighted by atomic mass is 9.94. The van der Waals surface area contributed by atoms with Gasteiger partial charge in [-0.25, -0.2) is 4.79 Å². The topological polar surface area (TPSA) is 49.3 Å². The number of carboxylic acids is 1. The van der Waals surface area contributed by atoms with Crippen molar-refractivity contribution < 1.29 is 9.90 Å². The van der Waals surface area contributed by atoms with Gasteiger partial charge in [0.25, 0.3) is 0 Å². The lowest BCUT2D eigenvalue weighted by Crippen LogP contribution is -2.17. The van der Waals surface area contributed by atoms with Gasteiger partial charge in [-0.1, -0.05) is 6.07 Å². The third kappa shape index (κ3) is 1.74. The number of benzene rings is 1. The van der Waals surface area contributed by atoms with Crippen LogP contribution in [-0.2, 0) is 6.42 Å². The molecular weight excluding hydrogens is 234 g/mol. The Kier molecular flexibility index (Phi) is 2.44. The number of carboxylic acid groups (broad SMARTS) is 1. The average molecular weight is 245 g/mol. The van der Waals surface area contributed by atoms with E-state index in [4.69, 9.17) is 0 Å². The summed E-state index contributed by atoms with van der Waals surface area (Å²) >= 11 is 1.74. The summed E-state index contributed by atoms with van der Waals surface area (Å²) in [6.45, 7) is 0. The van der Waals surface area contributed by atoms with Crippen LogP contribution in [0.2, 0.25) is 0 Å². The molecular formula is C13H11NO2S. The minimum atomic E-state index is -0.855. The monoisotopic (exact) mass is 245 g/mol. The molecule has 0 spiro atoms. The maximum atomic E-state index is 11.2. The van der Waals surface area contributed by atoms with E-state index in [2.05, 4.69) is 16.8 Å². The van der Waals surface area contributed by atoms with E-state index in [1.807, 2.05) is 6.07 Å². The number of carbonyl (C=O) groups is 1. The van der Waals surface area contributed by atoms with Crippen molar-refractivity contribution in [2.75, 3.05) is 11.1 Å². The number of nitrogens with one attached hydrogen (secondary N) is 1. The highest BCUT2D eigenvalue weighted by atomic mass is 32.2. The zero-order chi connectivity index (χ0) is 11.8. The number of rotatable bonds is 1. The Labute approximate surface area is 103 Å². The third-order valence-corrected chi connectivity index (χ3v) is 3.88. The van der Waals surface area contributed by atoms with Crippen molar-refractivity contribution in [2.24, 2.45) is 0 Å². The molecule has 1 aromatic rings. The smallest absolute Gasteiger partial charge is 0.336 e. The number of hydrogen-bond acceptors (Lipinski definition) is 3. The molecule has 0 aromatic heterocycles. The predicted octanol–water partition coefficient (Wildman–Crippen LogP) is 2.87. The minimum Gasteiger partial charge on any atom is -0.478 e. The third-order valence-electron chi connectivity index (χ3n) is 3.04. The molecule has 86 valence electrons. The summed E-state index contributed by atoms with van der Waals surface area (Å²) in [7, 11) is 0. The van der Waals surface area contributed by atoms with E-state index in [0.29, 0.717) is 5.56 Å². The highest BCUT2D eigenvalue weighted by Crippen LogP contribution is 2.34. The van der Waals surface area contributed by atoms with E-state index in [0.717, 1.165) is 29.1 Å². The molecule has 0 radical (unpaired) electrons. The van der Waals surface area contributed by atoms with Crippen LogP contribution < -0.4 is 5.32 Å². The number of allylic oxidation sites excluding steroid dienone is 1. The van der Waals surface area contributed by atoms with Crippen LogP contribution in [0.4, 0.5) is 5.69 Å². The fourth-order valence-electron chi connectivity index (χ4n) is 2.19. The van der Waals surface area contributed by atoms with E-state index in [-0.39, 0.29) is 0 Å². The van der Waals surface area contributed by atoms with Gasteiger partial charge >= 0.3 is 5.97 Å². The zero-order valence-corrected chi connectivity index (χ0v) is 9.88. The first-order chi connectivity index (χ1) is 8.25. The second-order valence-electron chi connectivity index (χ2n) is 4.07. The van der Waals surface area contributed by atoms with E-state index in [1.54, 1.807) is 23.9 Å². The predicted molar refractivity (Wildman–Crippen MR) is 69.4 cm³/mol. The van der Waals surface area contributed by atoms with Crippen LogP contribution >= 0.6 is 11.8 Å². The van der Waals surface area contributed by atoms with Crippen molar-refractivity contribution >= 4 is 23.4 Å². The van der Waals surface area contributed by atoms with Gasteiger partial charge in [-0.05, 0) is 41.2 Å². The van der Waals surface area contributed by atoms with Crippen molar-refractivity contribution in [2.45, 2.75) is 6.42 Å². The molecule has 0 unspecified atom stereocenters. The molecule has 4 heteroatoms. The molecule has 0 fully saturated rings. The van der Waals surface area contributed by atoms with Crippen molar-refractivity contribution in [3.63, 3.8) is 0 Å². The molecule has 3 rings (SSSR count). The molecule has 0 aliphatic carbocycles. The van der Waals surface area contributed by atoms with Gasteiger partial charge in [0, 0.05) is 17.1 Å². The molecule has 0 atom stereocenters. The number of anilines is 1. The Hall–Kier alpha value is -1.68. The zero-order valence-electron chi connectivity index (χ0n) is 9.06. The first-order valence-electron chi connectivity index (χ1n) is 5.38. The summed E-state index contributed by atoms with van der Waals surface area (Å²) in [4.78, 5) is 11.2. The lowest BCUT2D eigenvalue weighted by molar-refractivity contribution is 0.0696. The van der Waals surface area contributed by atoms with E-state index in [1.165, 1.54) is 5.57 Å².